The molecule has 0 radical (unpaired) electrons. The van der Waals surface area contributed by atoms with Crippen molar-refractivity contribution in [1.82, 2.24) is 10.2 Å². The fourth-order valence-electron chi connectivity index (χ4n) is 2.66. The summed E-state index contributed by atoms with van der Waals surface area (Å²) in [5, 5.41) is 2.89. The second-order valence-electron chi connectivity index (χ2n) is 5.63. The van der Waals surface area contributed by atoms with Gasteiger partial charge in [0.2, 0.25) is 0 Å². The second-order valence-corrected chi connectivity index (χ2v) is 5.63. The number of carbonyl (C=O) groups excluding carboxylic acids is 1. The van der Waals surface area contributed by atoms with Gasteiger partial charge in [0.15, 0.2) is 6.61 Å². The highest BCUT2D eigenvalue weighted by Crippen LogP contribution is 2.21. The smallest absolute Gasteiger partial charge is 0.257 e. The number of anilines is 1. The standard InChI is InChI=1S/C16H25N3O2/c1-19(14-4-2-3-5-14)11-10-18-16(20)12-21-15-8-6-13(17)7-9-15/h6-9,14H,2-5,10-12,17H2,1H3,(H,18,20). The molecule has 2 rings (SSSR count). The molecule has 3 N–H and O–H groups in total. The molecule has 0 aromatic heterocycles. The van der Waals surface area contributed by atoms with E-state index in [4.69, 9.17) is 10.5 Å². The maximum Gasteiger partial charge on any atom is 0.257 e. The van der Waals surface area contributed by atoms with Crippen molar-refractivity contribution in [1.29, 1.82) is 0 Å². The summed E-state index contributed by atoms with van der Waals surface area (Å²) >= 11 is 0. The number of likely N-dealkylation sites (N-methyl/N-ethyl adjacent to an activating group) is 1. The SMILES string of the molecule is CN(CCNC(=O)COc1ccc(N)cc1)C1CCCC1. The summed E-state index contributed by atoms with van der Waals surface area (Å²) in [6.07, 6.45) is 5.23. The molecule has 0 spiro atoms. The summed E-state index contributed by atoms with van der Waals surface area (Å²) in [4.78, 5) is 14.0. The first-order valence-electron chi connectivity index (χ1n) is 7.60. The fraction of sp³-hybridized carbons (Fsp3) is 0.562. The molecule has 116 valence electrons. The molecular formula is C16H25N3O2. The molecule has 0 saturated heterocycles. The minimum absolute atomic E-state index is 0.0388. The van der Waals surface area contributed by atoms with Crippen molar-refractivity contribution in [2.24, 2.45) is 0 Å². The molecule has 1 amide bonds. The van der Waals surface area contributed by atoms with Crippen LogP contribution in [0.4, 0.5) is 5.69 Å². The van der Waals surface area contributed by atoms with Crippen molar-refractivity contribution in [3.63, 3.8) is 0 Å². The van der Waals surface area contributed by atoms with Crippen LogP contribution in [0.15, 0.2) is 24.3 Å². The Balaban J connectivity index is 1.60. The number of amides is 1. The van der Waals surface area contributed by atoms with E-state index < -0.39 is 0 Å². The van der Waals surface area contributed by atoms with Gasteiger partial charge >= 0.3 is 0 Å². The van der Waals surface area contributed by atoms with E-state index in [0.29, 0.717) is 24.0 Å². The Bertz CT molecular complexity index is 441. The van der Waals surface area contributed by atoms with Crippen molar-refractivity contribution in [2.45, 2.75) is 31.7 Å². The summed E-state index contributed by atoms with van der Waals surface area (Å²) in [5.74, 6) is 0.564. The lowest BCUT2D eigenvalue weighted by atomic mass is 10.2. The topological polar surface area (TPSA) is 67.6 Å². The molecule has 21 heavy (non-hydrogen) atoms. The lowest BCUT2D eigenvalue weighted by Crippen LogP contribution is -2.38. The molecule has 5 nitrogen and oxygen atoms in total. The highest BCUT2D eigenvalue weighted by Gasteiger charge is 2.18. The van der Waals surface area contributed by atoms with Crippen LogP contribution >= 0.6 is 0 Å². The molecule has 0 aliphatic heterocycles. The molecule has 5 heteroatoms. The predicted molar refractivity (Wildman–Crippen MR) is 84.2 cm³/mol. The average Bonchev–Trinajstić information content (AvgIpc) is 3.01. The summed E-state index contributed by atoms with van der Waals surface area (Å²) in [6.45, 7) is 1.59. The summed E-state index contributed by atoms with van der Waals surface area (Å²) < 4.78 is 5.40. The van der Waals surface area contributed by atoms with Crippen LogP contribution in [0.3, 0.4) is 0 Å². The highest BCUT2D eigenvalue weighted by molar-refractivity contribution is 5.77. The minimum atomic E-state index is -0.0911. The Morgan fingerprint density at radius 1 is 1.33 bits per heavy atom. The van der Waals surface area contributed by atoms with E-state index in [1.165, 1.54) is 25.7 Å². The molecular weight excluding hydrogens is 266 g/mol. The second kappa shape index (κ2) is 7.88. The van der Waals surface area contributed by atoms with E-state index in [1.54, 1.807) is 24.3 Å². The van der Waals surface area contributed by atoms with Gasteiger partial charge in [-0.05, 0) is 44.2 Å². The van der Waals surface area contributed by atoms with Gasteiger partial charge < -0.3 is 20.7 Å². The highest BCUT2D eigenvalue weighted by atomic mass is 16.5. The summed E-state index contributed by atoms with van der Waals surface area (Å²) in [7, 11) is 2.13. The number of nitrogens with two attached hydrogens (primary N) is 1. The van der Waals surface area contributed by atoms with Crippen LogP contribution in [0.2, 0.25) is 0 Å². The van der Waals surface area contributed by atoms with Crippen LogP contribution in [0, 0.1) is 0 Å². The molecule has 0 atom stereocenters. The van der Waals surface area contributed by atoms with Gasteiger partial charge in [-0.25, -0.2) is 0 Å². The van der Waals surface area contributed by atoms with Crippen molar-refractivity contribution in [3.8, 4) is 5.75 Å². The number of ether oxygens (including phenoxy) is 1. The van der Waals surface area contributed by atoms with Crippen molar-refractivity contribution in [3.05, 3.63) is 24.3 Å². The van der Waals surface area contributed by atoms with E-state index in [9.17, 15) is 4.79 Å². The van der Waals surface area contributed by atoms with Crippen molar-refractivity contribution in [2.75, 3.05) is 32.5 Å². The van der Waals surface area contributed by atoms with Crippen LogP contribution in [-0.2, 0) is 4.79 Å². The zero-order valence-corrected chi connectivity index (χ0v) is 12.7. The van der Waals surface area contributed by atoms with Gasteiger partial charge in [0.25, 0.3) is 5.91 Å². The Morgan fingerprint density at radius 3 is 2.67 bits per heavy atom. The first-order chi connectivity index (χ1) is 10.1. The molecule has 1 aromatic rings. The largest absolute Gasteiger partial charge is 0.484 e. The molecule has 1 fully saturated rings. The third-order valence-corrected chi connectivity index (χ3v) is 3.98. The minimum Gasteiger partial charge on any atom is -0.484 e. The molecule has 1 aromatic carbocycles. The lowest BCUT2D eigenvalue weighted by Gasteiger charge is -2.23. The molecule has 0 unspecified atom stereocenters. The van der Waals surface area contributed by atoms with E-state index >= 15 is 0 Å². The number of rotatable bonds is 7. The molecule has 0 heterocycles. The van der Waals surface area contributed by atoms with Gasteiger partial charge in [0, 0.05) is 24.8 Å². The lowest BCUT2D eigenvalue weighted by molar-refractivity contribution is -0.123. The van der Waals surface area contributed by atoms with Gasteiger partial charge in [0.1, 0.15) is 5.75 Å². The number of nitrogen functional groups attached to an aromatic ring is 1. The van der Waals surface area contributed by atoms with E-state index in [2.05, 4.69) is 17.3 Å². The third kappa shape index (κ3) is 5.27. The first-order valence-corrected chi connectivity index (χ1v) is 7.60. The van der Waals surface area contributed by atoms with Crippen molar-refractivity contribution < 1.29 is 9.53 Å². The molecule has 1 aliphatic rings. The van der Waals surface area contributed by atoms with E-state index in [-0.39, 0.29) is 12.5 Å². The number of hydrogen-bond donors (Lipinski definition) is 2. The van der Waals surface area contributed by atoms with Crippen LogP contribution in [0.1, 0.15) is 25.7 Å². The Kier molecular flexibility index (Phi) is 5.87. The predicted octanol–water partition coefficient (Wildman–Crippen LogP) is 1.64. The van der Waals surface area contributed by atoms with Crippen LogP contribution in [-0.4, -0.2) is 43.6 Å². The summed E-state index contributed by atoms with van der Waals surface area (Å²) in [5.41, 5.74) is 6.27. The zero-order valence-electron chi connectivity index (χ0n) is 12.7. The average molecular weight is 291 g/mol. The Labute approximate surface area is 126 Å². The Hall–Kier alpha value is -1.75. The van der Waals surface area contributed by atoms with Crippen LogP contribution in [0.5, 0.6) is 5.75 Å². The Morgan fingerprint density at radius 2 is 2.00 bits per heavy atom. The van der Waals surface area contributed by atoms with Gasteiger partial charge in [-0.3, -0.25) is 4.79 Å². The number of nitrogens with zero attached hydrogens (tertiary/aromatic N) is 1. The third-order valence-electron chi connectivity index (χ3n) is 3.98. The quantitative estimate of drug-likeness (QED) is 0.749. The van der Waals surface area contributed by atoms with Crippen LogP contribution in [0.25, 0.3) is 0 Å². The molecule has 1 saturated carbocycles. The van der Waals surface area contributed by atoms with Gasteiger partial charge in [-0.15, -0.1) is 0 Å². The van der Waals surface area contributed by atoms with Crippen LogP contribution < -0.4 is 15.8 Å². The van der Waals surface area contributed by atoms with E-state index in [0.717, 1.165) is 6.54 Å². The van der Waals surface area contributed by atoms with Gasteiger partial charge in [0.05, 0.1) is 0 Å². The molecule has 0 bridgehead atoms. The number of benzene rings is 1. The number of nitrogens with one attached hydrogen (secondary N) is 1. The zero-order chi connectivity index (χ0) is 15.1. The fourth-order valence-corrected chi connectivity index (χ4v) is 2.66. The normalized spacial score (nSPS) is 15.3. The van der Waals surface area contributed by atoms with Gasteiger partial charge in [-0.2, -0.15) is 0 Å². The number of hydrogen-bond acceptors (Lipinski definition) is 4. The number of carbonyl (C=O) groups is 1. The maximum absolute atomic E-state index is 11.7. The monoisotopic (exact) mass is 291 g/mol. The van der Waals surface area contributed by atoms with E-state index in [1.807, 2.05) is 0 Å². The summed E-state index contributed by atoms with van der Waals surface area (Å²) in [6, 6.07) is 7.72. The molecule has 1 aliphatic carbocycles. The van der Waals surface area contributed by atoms with Crippen molar-refractivity contribution >= 4 is 11.6 Å². The van der Waals surface area contributed by atoms with Gasteiger partial charge in [-0.1, -0.05) is 12.8 Å². The first kappa shape index (κ1) is 15.6. The maximum atomic E-state index is 11.7.